The van der Waals surface area contributed by atoms with Gasteiger partial charge in [0.1, 0.15) is 5.82 Å². The summed E-state index contributed by atoms with van der Waals surface area (Å²) in [5.74, 6) is -0.339. The molecule has 1 aliphatic rings. The zero-order valence-electron chi connectivity index (χ0n) is 11.0. The zero-order valence-corrected chi connectivity index (χ0v) is 14.6. The summed E-state index contributed by atoms with van der Waals surface area (Å²) in [7, 11) is 0. The standard InChI is InChI=1S/C15H14ClFN.Y/c1-4-18-11(3)10(2)5-8-15(18)13-7-6-12(17)9-14(13)16;/h5-7,9H,3-4H2,1-2H3;/q-1;. The van der Waals surface area contributed by atoms with Gasteiger partial charge in [-0.25, -0.2) is 4.39 Å². The Balaban J connectivity index is 0.00000180. The van der Waals surface area contributed by atoms with Gasteiger partial charge in [-0.2, -0.15) is 12.2 Å². The van der Waals surface area contributed by atoms with E-state index in [0.717, 1.165) is 29.1 Å². The van der Waals surface area contributed by atoms with Crippen molar-refractivity contribution in [3.8, 4) is 0 Å². The molecule has 97 valence electrons. The van der Waals surface area contributed by atoms with E-state index in [0.29, 0.717) is 5.02 Å². The molecule has 1 nitrogen and oxygen atoms in total. The second-order valence-electron chi connectivity index (χ2n) is 4.14. The van der Waals surface area contributed by atoms with E-state index in [1.165, 1.54) is 12.1 Å². The number of nitrogens with zero attached hydrogens (tertiary/aromatic N) is 1. The van der Waals surface area contributed by atoms with Crippen LogP contribution in [0.15, 0.2) is 42.1 Å². The largest absolute Gasteiger partial charge is 0.376 e. The topological polar surface area (TPSA) is 3.24 Å². The summed E-state index contributed by atoms with van der Waals surface area (Å²) in [5.41, 5.74) is 3.59. The Labute approximate surface area is 143 Å². The van der Waals surface area contributed by atoms with Gasteiger partial charge in [-0.1, -0.05) is 36.4 Å². The van der Waals surface area contributed by atoms with E-state index in [-0.39, 0.29) is 38.5 Å². The van der Waals surface area contributed by atoms with Crippen LogP contribution >= 0.6 is 11.6 Å². The summed E-state index contributed by atoms with van der Waals surface area (Å²) >= 11 is 6.09. The van der Waals surface area contributed by atoms with Gasteiger partial charge < -0.3 is 4.90 Å². The van der Waals surface area contributed by atoms with Gasteiger partial charge in [-0.3, -0.25) is 0 Å². The number of allylic oxidation sites excluding steroid dienone is 3. The molecule has 1 aliphatic heterocycles. The van der Waals surface area contributed by atoms with Crippen molar-refractivity contribution in [1.82, 2.24) is 4.90 Å². The van der Waals surface area contributed by atoms with Crippen molar-refractivity contribution in [3.05, 3.63) is 64.6 Å². The molecule has 1 heterocycles. The van der Waals surface area contributed by atoms with Crippen LogP contribution in [0, 0.1) is 11.9 Å². The van der Waals surface area contributed by atoms with Gasteiger partial charge >= 0.3 is 0 Å². The van der Waals surface area contributed by atoms with E-state index < -0.39 is 0 Å². The fourth-order valence-electron chi connectivity index (χ4n) is 1.94. The van der Waals surface area contributed by atoms with Gasteiger partial charge in [0.05, 0.1) is 0 Å². The molecule has 19 heavy (non-hydrogen) atoms. The Morgan fingerprint density at radius 3 is 2.68 bits per heavy atom. The average molecular weight is 352 g/mol. The van der Waals surface area contributed by atoms with Crippen LogP contribution in [0.1, 0.15) is 19.4 Å². The Morgan fingerprint density at radius 2 is 2.11 bits per heavy atom. The molecule has 0 spiro atoms. The molecule has 0 fully saturated rings. The van der Waals surface area contributed by atoms with Crippen LogP contribution in [0.25, 0.3) is 5.70 Å². The number of rotatable bonds is 2. The summed E-state index contributed by atoms with van der Waals surface area (Å²) in [4.78, 5) is 2.02. The molecule has 2 rings (SSSR count). The second kappa shape index (κ2) is 6.83. The van der Waals surface area contributed by atoms with Crippen LogP contribution in [-0.4, -0.2) is 11.4 Å². The normalized spacial score (nSPS) is 14.7. The summed E-state index contributed by atoms with van der Waals surface area (Å²) in [6, 6.07) is 4.38. The van der Waals surface area contributed by atoms with E-state index in [1.807, 2.05) is 24.8 Å². The first-order valence-corrected chi connectivity index (χ1v) is 6.15. The molecule has 0 aliphatic carbocycles. The maximum atomic E-state index is 13.1. The Morgan fingerprint density at radius 1 is 1.42 bits per heavy atom. The van der Waals surface area contributed by atoms with Gasteiger partial charge in [0, 0.05) is 39.3 Å². The third-order valence-electron chi connectivity index (χ3n) is 2.98. The molecular formula is C15H14ClFNY-. The molecule has 0 saturated heterocycles. The summed E-state index contributed by atoms with van der Waals surface area (Å²) in [5, 5.41) is 0.386. The molecule has 0 bridgehead atoms. The predicted octanol–water partition coefficient (Wildman–Crippen LogP) is 4.42. The molecule has 4 heteroatoms. The first-order chi connectivity index (χ1) is 8.54. The molecule has 1 aromatic rings. The maximum Gasteiger partial charge on any atom is 0.122 e. The minimum absolute atomic E-state index is 0. The summed E-state index contributed by atoms with van der Waals surface area (Å²) in [6.45, 7) is 8.83. The van der Waals surface area contributed by atoms with E-state index in [4.69, 9.17) is 11.6 Å². The first-order valence-electron chi connectivity index (χ1n) is 5.77. The van der Waals surface area contributed by atoms with E-state index in [9.17, 15) is 4.39 Å². The molecule has 0 atom stereocenters. The van der Waals surface area contributed by atoms with Crippen molar-refractivity contribution in [1.29, 1.82) is 0 Å². The summed E-state index contributed by atoms with van der Waals surface area (Å²) < 4.78 is 13.1. The van der Waals surface area contributed by atoms with Gasteiger partial charge in [0.25, 0.3) is 0 Å². The molecule has 0 saturated carbocycles. The zero-order chi connectivity index (χ0) is 13.3. The quantitative estimate of drug-likeness (QED) is 0.713. The molecule has 0 N–H and O–H groups in total. The number of benzene rings is 1. The third kappa shape index (κ3) is 3.36. The number of likely N-dealkylation sites (N-methyl/N-ethyl adjacent to an activating group) is 1. The minimum Gasteiger partial charge on any atom is -0.376 e. The second-order valence-corrected chi connectivity index (χ2v) is 4.54. The number of hydrogen-bond acceptors (Lipinski definition) is 1. The van der Waals surface area contributed by atoms with E-state index >= 15 is 0 Å². The number of hydrogen-bond donors (Lipinski definition) is 0. The number of halogens is 2. The van der Waals surface area contributed by atoms with Crippen LogP contribution in [0.4, 0.5) is 4.39 Å². The van der Waals surface area contributed by atoms with Gasteiger partial charge in [-0.15, -0.1) is 11.6 Å². The van der Waals surface area contributed by atoms with Crippen LogP contribution in [0.2, 0.25) is 5.02 Å². The van der Waals surface area contributed by atoms with Crippen molar-refractivity contribution >= 4 is 17.3 Å². The van der Waals surface area contributed by atoms with E-state index in [2.05, 4.69) is 12.7 Å². The molecule has 0 unspecified atom stereocenters. The van der Waals surface area contributed by atoms with Gasteiger partial charge in [0.15, 0.2) is 0 Å². The predicted molar refractivity (Wildman–Crippen MR) is 73.3 cm³/mol. The van der Waals surface area contributed by atoms with Crippen LogP contribution in [0.5, 0.6) is 0 Å². The molecule has 1 radical (unpaired) electrons. The van der Waals surface area contributed by atoms with Crippen molar-refractivity contribution in [3.63, 3.8) is 0 Å². The van der Waals surface area contributed by atoms with Crippen molar-refractivity contribution in [2.45, 2.75) is 13.8 Å². The third-order valence-corrected chi connectivity index (χ3v) is 3.29. The minimum atomic E-state index is -0.339. The first kappa shape index (κ1) is 16.6. The smallest absolute Gasteiger partial charge is 0.122 e. The molecular weight excluding hydrogens is 338 g/mol. The van der Waals surface area contributed by atoms with Gasteiger partial charge in [0.2, 0.25) is 0 Å². The fraction of sp³-hybridized carbons (Fsp3) is 0.200. The average Bonchev–Trinajstić information content (AvgIpc) is 2.33. The Bertz CT molecular complexity index is 563. The monoisotopic (exact) mass is 351 g/mol. The van der Waals surface area contributed by atoms with Gasteiger partial charge in [-0.05, 0) is 29.8 Å². The van der Waals surface area contributed by atoms with Crippen molar-refractivity contribution in [2.75, 3.05) is 6.54 Å². The van der Waals surface area contributed by atoms with Crippen molar-refractivity contribution < 1.29 is 37.1 Å². The van der Waals surface area contributed by atoms with Crippen LogP contribution < -0.4 is 0 Å². The molecule has 0 aromatic heterocycles. The van der Waals surface area contributed by atoms with Crippen molar-refractivity contribution in [2.24, 2.45) is 0 Å². The Kier molecular flexibility index (Phi) is 5.97. The summed E-state index contributed by atoms with van der Waals surface area (Å²) in [6.07, 6.45) is 5.07. The Hall–Kier alpha value is -0.436. The van der Waals surface area contributed by atoms with E-state index in [1.54, 1.807) is 6.07 Å². The van der Waals surface area contributed by atoms with Crippen LogP contribution in [0.3, 0.4) is 0 Å². The maximum absolute atomic E-state index is 13.1. The van der Waals surface area contributed by atoms with Crippen LogP contribution in [-0.2, 0) is 32.7 Å². The molecule has 0 amide bonds. The fourth-order valence-corrected chi connectivity index (χ4v) is 2.20. The SMILES string of the molecule is C=C1C(C)=C[C-]=C(c2ccc(F)cc2Cl)N1CC.[Y]. The molecule has 1 aromatic carbocycles.